The van der Waals surface area contributed by atoms with Crippen molar-refractivity contribution in [3.63, 3.8) is 0 Å². The van der Waals surface area contributed by atoms with Gasteiger partial charge in [0.25, 0.3) is 0 Å². The molecule has 0 unspecified atom stereocenters. The first-order chi connectivity index (χ1) is 15.6. The SMILES string of the molecule is C=CC.CC.CC.CCc1[nH]nc(-c2nc3ccc(-c4cccc(C#N)c4)cc3[nH]2)c1C. The van der Waals surface area contributed by atoms with Crippen LogP contribution in [0, 0.1) is 18.3 Å². The second-order valence-corrected chi connectivity index (χ2v) is 6.45. The summed E-state index contributed by atoms with van der Waals surface area (Å²) in [6, 6.07) is 15.9. The van der Waals surface area contributed by atoms with Gasteiger partial charge in [-0.3, -0.25) is 5.10 Å². The lowest BCUT2D eigenvalue weighted by molar-refractivity contribution is 0.968. The van der Waals surface area contributed by atoms with Crippen molar-refractivity contribution in [3.8, 4) is 28.7 Å². The average Bonchev–Trinajstić information content (AvgIpc) is 3.44. The number of fused-ring (bicyclic) bond motifs is 1. The molecule has 5 nitrogen and oxygen atoms in total. The Morgan fingerprint density at radius 2 is 1.72 bits per heavy atom. The molecule has 0 bridgehead atoms. The van der Waals surface area contributed by atoms with Crippen LogP contribution in [0.15, 0.2) is 55.1 Å². The van der Waals surface area contributed by atoms with E-state index in [-0.39, 0.29) is 0 Å². The number of rotatable bonds is 3. The number of H-pyrrole nitrogens is 2. The second kappa shape index (κ2) is 13.6. The van der Waals surface area contributed by atoms with E-state index in [0.717, 1.165) is 51.4 Å². The number of nitrogens with zero attached hydrogens (tertiary/aromatic N) is 3. The maximum Gasteiger partial charge on any atom is 0.159 e. The summed E-state index contributed by atoms with van der Waals surface area (Å²) in [6.07, 6.45) is 2.67. The Hall–Kier alpha value is -3.65. The minimum atomic E-state index is 0.655. The molecule has 0 atom stereocenters. The minimum absolute atomic E-state index is 0.655. The zero-order chi connectivity index (χ0) is 24.1. The molecule has 32 heavy (non-hydrogen) atoms. The molecule has 0 fully saturated rings. The maximum atomic E-state index is 9.08. The summed E-state index contributed by atoms with van der Waals surface area (Å²) in [7, 11) is 0. The Morgan fingerprint density at radius 3 is 2.31 bits per heavy atom. The molecule has 0 aliphatic carbocycles. The number of aryl methyl sites for hydroxylation is 1. The van der Waals surface area contributed by atoms with Crippen LogP contribution in [0.2, 0.25) is 0 Å². The molecular formula is C27H35N5. The molecule has 0 aliphatic heterocycles. The van der Waals surface area contributed by atoms with Crippen molar-refractivity contribution in [2.45, 2.75) is 54.9 Å². The van der Waals surface area contributed by atoms with Gasteiger partial charge in [-0.1, -0.05) is 58.9 Å². The smallest absolute Gasteiger partial charge is 0.159 e. The predicted molar refractivity (Wildman–Crippen MR) is 137 cm³/mol. The normalized spacial score (nSPS) is 9.31. The maximum absolute atomic E-state index is 9.08. The lowest BCUT2D eigenvalue weighted by Gasteiger charge is -2.01. The third kappa shape index (κ3) is 6.18. The average molecular weight is 430 g/mol. The predicted octanol–water partition coefficient (Wildman–Crippen LogP) is 7.61. The Morgan fingerprint density at radius 1 is 1.06 bits per heavy atom. The van der Waals surface area contributed by atoms with Crippen LogP contribution in [-0.4, -0.2) is 20.2 Å². The lowest BCUT2D eigenvalue weighted by Crippen LogP contribution is -1.85. The molecule has 168 valence electrons. The summed E-state index contributed by atoms with van der Waals surface area (Å²) >= 11 is 0. The van der Waals surface area contributed by atoms with Gasteiger partial charge < -0.3 is 4.98 Å². The first-order valence-corrected chi connectivity index (χ1v) is 11.2. The molecule has 0 saturated heterocycles. The van der Waals surface area contributed by atoms with Crippen molar-refractivity contribution in [3.05, 3.63) is 71.9 Å². The third-order valence-electron chi connectivity index (χ3n) is 4.50. The Labute approximate surface area is 192 Å². The van der Waals surface area contributed by atoms with Crippen molar-refractivity contribution in [1.82, 2.24) is 20.2 Å². The van der Waals surface area contributed by atoms with Gasteiger partial charge >= 0.3 is 0 Å². The fourth-order valence-corrected chi connectivity index (χ4v) is 3.08. The lowest BCUT2D eigenvalue weighted by atomic mass is 10.0. The van der Waals surface area contributed by atoms with E-state index in [9.17, 15) is 0 Å². The number of aromatic amines is 2. The van der Waals surface area contributed by atoms with E-state index in [0.29, 0.717) is 5.56 Å². The van der Waals surface area contributed by atoms with Gasteiger partial charge in [0, 0.05) is 11.3 Å². The Bertz CT molecular complexity index is 1160. The van der Waals surface area contributed by atoms with E-state index < -0.39 is 0 Å². The van der Waals surface area contributed by atoms with Gasteiger partial charge in [0.1, 0.15) is 5.69 Å². The summed E-state index contributed by atoms with van der Waals surface area (Å²) in [5.41, 5.74) is 7.69. The molecule has 0 spiro atoms. The van der Waals surface area contributed by atoms with Gasteiger partial charge in [0.2, 0.25) is 0 Å². The molecule has 4 aromatic rings. The van der Waals surface area contributed by atoms with Crippen LogP contribution in [0.1, 0.15) is 58.4 Å². The van der Waals surface area contributed by atoms with Gasteiger partial charge in [0.15, 0.2) is 5.82 Å². The zero-order valence-electron chi connectivity index (χ0n) is 20.4. The van der Waals surface area contributed by atoms with E-state index >= 15 is 0 Å². The topological polar surface area (TPSA) is 81.2 Å². The highest BCUT2D eigenvalue weighted by atomic mass is 15.1. The van der Waals surface area contributed by atoms with Crippen LogP contribution in [-0.2, 0) is 6.42 Å². The van der Waals surface area contributed by atoms with Crippen LogP contribution in [0.4, 0.5) is 0 Å². The van der Waals surface area contributed by atoms with Gasteiger partial charge in [-0.25, -0.2) is 4.98 Å². The second-order valence-electron chi connectivity index (χ2n) is 6.45. The highest BCUT2D eigenvalue weighted by Crippen LogP contribution is 2.27. The molecule has 0 saturated carbocycles. The number of allylic oxidation sites excluding steroid dienone is 1. The van der Waals surface area contributed by atoms with Crippen molar-refractivity contribution in [2.24, 2.45) is 0 Å². The highest BCUT2D eigenvalue weighted by molar-refractivity contribution is 5.84. The van der Waals surface area contributed by atoms with Crippen LogP contribution in [0.5, 0.6) is 0 Å². The number of hydrogen-bond donors (Lipinski definition) is 2. The summed E-state index contributed by atoms with van der Waals surface area (Å²) in [4.78, 5) is 8.04. The molecule has 2 aromatic heterocycles. The number of aromatic nitrogens is 4. The Balaban J connectivity index is 0.000000662. The summed E-state index contributed by atoms with van der Waals surface area (Å²) in [6.45, 7) is 17.4. The molecule has 2 N–H and O–H groups in total. The quantitative estimate of drug-likeness (QED) is 0.329. The zero-order valence-corrected chi connectivity index (χ0v) is 20.4. The molecule has 0 radical (unpaired) electrons. The number of hydrogen-bond acceptors (Lipinski definition) is 3. The van der Waals surface area contributed by atoms with E-state index in [1.807, 2.05) is 71.0 Å². The van der Waals surface area contributed by atoms with E-state index in [4.69, 9.17) is 5.26 Å². The first kappa shape index (κ1) is 26.4. The first-order valence-electron chi connectivity index (χ1n) is 11.2. The molecule has 4 rings (SSSR count). The summed E-state index contributed by atoms with van der Waals surface area (Å²) in [5, 5.41) is 16.6. The van der Waals surface area contributed by atoms with Gasteiger partial charge in [-0.2, -0.15) is 10.4 Å². The van der Waals surface area contributed by atoms with Crippen LogP contribution >= 0.6 is 0 Å². The van der Waals surface area contributed by atoms with E-state index in [1.165, 1.54) is 0 Å². The summed E-state index contributed by atoms with van der Waals surface area (Å²) in [5.74, 6) is 0.770. The highest BCUT2D eigenvalue weighted by Gasteiger charge is 2.14. The van der Waals surface area contributed by atoms with Gasteiger partial charge in [-0.05, 0) is 55.7 Å². The number of nitriles is 1. The fraction of sp³-hybridized carbons (Fsp3) is 0.296. The van der Waals surface area contributed by atoms with Crippen LogP contribution in [0.3, 0.4) is 0 Å². The minimum Gasteiger partial charge on any atom is -0.337 e. The van der Waals surface area contributed by atoms with E-state index in [2.05, 4.69) is 52.7 Å². The summed E-state index contributed by atoms with van der Waals surface area (Å²) < 4.78 is 0. The standard InChI is InChI=1S/C20H17N5.C3H6.2C2H6/c1-3-16-12(2)19(25-24-16)20-22-17-8-7-15(10-18(17)23-20)14-6-4-5-13(9-14)11-21;1-3-2;2*1-2/h4-10H,3H2,1-2H3,(H,22,23)(H,24,25);3H,1H2,2H3;2*1-2H3. The van der Waals surface area contributed by atoms with Crippen molar-refractivity contribution in [2.75, 3.05) is 0 Å². The van der Waals surface area contributed by atoms with Crippen LogP contribution in [0.25, 0.3) is 33.7 Å². The molecule has 0 aliphatic rings. The fourth-order valence-electron chi connectivity index (χ4n) is 3.08. The molecule has 5 heteroatoms. The number of nitrogens with one attached hydrogen (secondary N) is 2. The molecular weight excluding hydrogens is 394 g/mol. The molecule has 2 aromatic carbocycles. The monoisotopic (exact) mass is 429 g/mol. The third-order valence-corrected chi connectivity index (χ3v) is 4.50. The van der Waals surface area contributed by atoms with Crippen molar-refractivity contribution in [1.29, 1.82) is 5.26 Å². The Kier molecular flexibility index (Phi) is 11.2. The van der Waals surface area contributed by atoms with E-state index in [1.54, 1.807) is 6.08 Å². The van der Waals surface area contributed by atoms with Crippen LogP contribution < -0.4 is 0 Å². The molecule has 2 heterocycles. The van der Waals surface area contributed by atoms with Crippen molar-refractivity contribution < 1.29 is 0 Å². The number of imidazole rings is 1. The van der Waals surface area contributed by atoms with Crippen molar-refractivity contribution >= 4 is 11.0 Å². The largest absolute Gasteiger partial charge is 0.337 e. The van der Waals surface area contributed by atoms with Gasteiger partial charge in [-0.15, -0.1) is 6.58 Å². The molecule has 0 amide bonds. The van der Waals surface area contributed by atoms with Gasteiger partial charge in [0.05, 0.1) is 22.7 Å². The number of benzene rings is 2.